The Kier molecular flexibility index (Phi) is 3.89. The first-order valence-corrected chi connectivity index (χ1v) is 6.18. The quantitative estimate of drug-likeness (QED) is 0.786. The summed E-state index contributed by atoms with van der Waals surface area (Å²) in [7, 11) is 0. The van der Waals surface area contributed by atoms with Gasteiger partial charge in [-0.05, 0) is 25.0 Å². The Morgan fingerprint density at radius 1 is 1.47 bits per heavy atom. The van der Waals surface area contributed by atoms with Crippen LogP contribution in [-0.4, -0.2) is 32.6 Å². The minimum Gasteiger partial charge on any atom is -0.462 e. The number of carbonyl (C=O) groups excluding carboxylic acids is 1. The standard InChI is InChI=1S/C13H16N4O2/c1-4-19-13(18)10-8-15-17(12(10)9(2)3)11-6-5-7-14-16-11/h5-9H,4H2,1-3H3. The van der Waals surface area contributed by atoms with Crippen molar-refractivity contribution in [2.45, 2.75) is 26.7 Å². The van der Waals surface area contributed by atoms with Crippen LogP contribution in [-0.2, 0) is 4.74 Å². The summed E-state index contributed by atoms with van der Waals surface area (Å²) in [4.78, 5) is 11.9. The fraction of sp³-hybridized carbons (Fsp3) is 0.385. The van der Waals surface area contributed by atoms with E-state index in [1.807, 2.05) is 13.8 Å². The van der Waals surface area contributed by atoms with Gasteiger partial charge >= 0.3 is 5.97 Å². The Hall–Kier alpha value is -2.24. The lowest BCUT2D eigenvalue weighted by Gasteiger charge is -2.11. The molecule has 0 aromatic carbocycles. The molecule has 2 rings (SSSR count). The van der Waals surface area contributed by atoms with Crippen LogP contribution in [0, 0.1) is 0 Å². The van der Waals surface area contributed by atoms with Crippen molar-refractivity contribution in [3.05, 3.63) is 35.8 Å². The van der Waals surface area contributed by atoms with Gasteiger partial charge < -0.3 is 4.74 Å². The molecule has 0 radical (unpaired) electrons. The molecule has 0 unspecified atom stereocenters. The topological polar surface area (TPSA) is 69.9 Å². The van der Waals surface area contributed by atoms with Gasteiger partial charge in [0, 0.05) is 6.20 Å². The number of carbonyl (C=O) groups is 1. The van der Waals surface area contributed by atoms with Gasteiger partial charge in [-0.15, -0.1) is 5.10 Å². The second-order valence-corrected chi connectivity index (χ2v) is 4.31. The zero-order valence-corrected chi connectivity index (χ0v) is 11.2. The molecule has 2 aromatic heterocycles. The van der Waals surface area contributed by atoms with Crippen molar-refractivity contribution in [1.29, 1.82) is 0 Å². The summed E-state index contributed by atoms with van der Waals surface area (Å²) in [6, 6.07) is 3.57. The molecule has 0 aliphatic rings. The van der Waals surface area contributed by atoms with Crippen LogP contribution in [0.4, 0.5) is 0 Å². The molecule has 0 saturated carbocycles. The number of nitrogens with zero attached hydrogens (tertiary/aromatic N) is 4. The van der Waals surface area contributed by atoms with Crippen LogP contribution in [0.2, 0.25) is 0 Å². The first-order valence-electron chi connectivity index (χ1n) is 6.18. The average Bonchev–Trinajstić information content (AvgIpc) is 2.85. The van der Waals surface area contributed by atoms with E-state index in [9.17, 15) is 4.79 Å². The highest BCUT2D eigenvalue weighted by Gasteiger charge is 2.22. The predicted molar refractivity (Wildman–Crippen MR) is 69.2 cm³/mol. The highest BCUT2D eigenvalue weighted by molar-refractivity contribution is 5.90. The summed E-state index contributed by atoms with van der Waals surface area (Å²) in [6.45, 7) is 6.10. The molecule has 0 aliphatic heterocycles. The lowest BCUT2D eigenvalue weighted by molar-refractivity contribution is 0.0524. The van der Waals surface area contributed by atoms with Crippen molar-refractivity contribution in [3.8, 4) is 5.82 Å². The molecule has 0 atom stereocenters. The van der Waals surface area contributed by atoms with Gasteiger partial charge in [0.15, 0.2) is 5.82 Å². The first-order chi connectivity index (χ1) is 9.15. The molecule has 0 bridgehead atoms. The molecule has 0 saturated heterocycles. The van der Waals surface area contributed by atoms with Crippen LogP contribution in [0.3, 0.4) is 0 Å². The maximum atomic E-state index is 11.9. The minimum atomic E-state index is -0.360. The molecule has 100 valence electrons. The van der Waals surface area contributed by atoms with Crippen LogP contribution in [0.25, 0.3) is 5.82 Å². The Labute approximate surface area is 111 Å². The van der Waals surface area contributed by atoms with Gasteiger partial charge in [0.25, 0.3) is 0 Å². The lowest BCUT2D eigenvalue weighted by atomic mass is 10.1. The zero-order chi connectivity index (χ0) is 13.8. The number of hydrogen-bond acceptors (Lipinski definition) is 5. The van der Waals surface area contributed by atoms with Gasteiger partial charge in [-0.3, -0.25) is 0 Å². The van der Waals surface area contributed by atoms with Crippen molar-refractivity contribution in [1.82, 2.24) is 20.0 Å². The van der Waals surface area contributed by atoms with E-state index in [0.717, 1.165) is 5.69 Å². The van der Waals surface area contributed by atoms with E-state index < -0.39 is 0 Å². The molecule has 6 heteroatoms. The van der Waals surface area contributed by atoms with E-state index >= 15 is 0 Å². The Morgan fingerprint density at radius 2 is 2.26 bits per heavy atom. The summed E-state index contributed by atoms with van der Waals surface area (Å²) in [5.74, 6) is 0.340. The molecule has 0 spiro atoms. The molecule has 0 amide bonds. The van der Waals surface area contributed by atoms with Crippen LogP contribution in [0.5, 0.6) is 0 Å². The maximum Gasteiger partial charge on any atom is 0.341 e. The fourth-order valence-corrected chi connectivity index (χ4v) is 1.87. The van der Waals surface area contributed by atoms with E-state index in [1.165, 1.54) is 6.20 Å². The molecule has 2 aromatic rings. The normalized spacial score (nSPS) is 10.7. The summed E-state index contributed by atoms with van der Waals surface area (Å²) in [5, 5.41) is 12.1. The molecule has 2 heterocycles. The Balaban J connectivity index is 2.49. The first kappa shape index (κ1) is 13.2. The SMILES string of the molecule is CCOC(=O)c1cnn(-c2cccnn2)c1C(C)C. The molecular formula is C13H16N4O2. The van der Waals surface area contributed by atoms with Crippen LogP contribution >= 0.6 is 0 Å². The van der Waals surface area contributed by atoms with Crippen molar-refractivity contribution >= 4 is 5.97 Å². The summed E-state index contributed by atoms with van der Waals surface area (Å²) in [6.07, 6.45) is 3.11. The van der Waals surface area contributed by atoms with Gasteiger partial charge in [-0.25, -0.2) is 9.48 Å². The fourth-order valence-electron chi connectivity index (χ4n) is 1.87. The Morgan fingerprint density at radius 3 is 2.84 bits per heavy atom. The minimum absolute atomic E-state index is 0.115. The monoisotopic (exact) mass is 260 g/mol. The third kappa shape index (κ3) is 2.62. The largest absolute Gasteiger partial charge is 0.462 e. The van der Waals surface area contributed by atoms with Gasteiger partial charge in [0.2, 0.25) is 0 Å². The van der Waals surface area contributed by atoms with Crippen molar-refractivity contribution < 1.29 is 9.53 Å². The third-order valence-electron chi connectivity index (χ3n) is 2.62. The van der Waals surface area contributed by atoms with Crippen LogP contribution in [0.15, 0.2) is 24.5 Å². The van der Waals surface area contributed by atoms with Gasteiger partial charge in [0.1, 0.15) is 5.56 Å². The second-order valence-electron chi connectivity index (χ2n) is 4.31. The maximum absolute atomic E-state index is 11.9. The average molecular weight is 260 g/mol. The van der Waals surface area contributed by atoms with Crippen LogP contribution in [0.1, 0.15) is 42.7 Å². The van der Waals surface area contributed by atoms with Crippen molar-refractivity contribution in [2.24, 2.45) is 0 Å². The number of hydrogen-bond donors (Lipinski definition) is 0. The smallest absolute Gasteiger partial charge is 0.341 e. The second kappa shape index (κ2) is 5.60. The van der Waals surface area contributed by atoms with Gasteiger partial charge in [-0.1, -0.05) is 13.8 Å². The van der Waals surface area contributed by atoms with E-state index in [0.29, 0.717) is 18.0 Å². The predicted octanol–water partition coefficient (Wildman–Crippen LogP) is 1.96. The number of rotatable bonds is 4. The van der Waals surface area contributed by atoms with E-state index in [-0.39, 0.29) is 11.9 Å². The molecule has 19 heavy (non-hydrogen) atoms. The number of esters is 1. The van der Waals surface area contributed by atoms with Crippen molar-refractivity contribution in [3.63, 3.8) is 0 Å². The van der Waals surface area contributed by atoms with Gasteiger partial charge in [-0.2, -0.15) is 10.2 Å². The zero-order valence-electron chi connectivity index (χ0n) is 11.2. The highest BCUT2D eigenvalue weighted by atomic mass is 16.5. The van der Waals surface area contributed by atoms with Crippen molar-refractivity contribution in [2.75, 3.05) is 6.61 Å². The van der Waals surface area contributed by atoms with Crippen LogP contribution < -0.4 is 0 Å². The molecular weight excluding hydrogens is 244 g/mol. The third-order valence-corrected chi connectivity index (χ3v) is 2.62. The van der Waals surface area contributed by atoms with Gasteiger partial charge in [0.05, 0.1) is 18.5 Å². The highest BCUT2D eigenvalue weighted by Crippen LogP contribution is 2.22. The number of ether oxygens (including phenoxy) is 1. The van der Waals surface area contributed by atoms with E-state index in [1.54, 1.807) is 29.9 Å². The summed E-state index contributed by atoms with van der Waals surface area (Å²) >= 11 is 0. The molecule has 0 N–H and O–H groups in total. The van der Waals surface area contributed by atoms with E-state index in [4.69, 9.17) is 4.74 Å². The number of aromatic nitrogens is 4. The Bertz CT molecular complexity index is 563. The summed E-state index contributed by atoms with van der Waals surface area (Å²) < 4.78 is 6.67. The van der Waals surface area contributed by atoms with E-state index in [2.05, 4.69) is 15.3 Å². The summed E-state index contributed by atoms with van der Waals surface area (Å²) in [5.41, 5.74) is 1.25. The molecule has 0 fully saturated rings. The molecule has 6 nitrogen and oxygen atoms in total. The lowest BCUT2D eigenvalue weighted by Crippen LogP contribution is -2.11. The molecule has 0 aliphatic carbocycles.